The van der Waals surface area contributed by atoms with E-state index in [0.29, 0.717) is 31.0 Å². The molecule has 0 amide bonds. The van der Waals surface area contributed by atoms with Gasteiger partial charge in [-0.1, -0.05) is 12.5 Å². The van der Waals surface area contributed by atoms with Crippen LogP contribution in [0.15, 0.2) is 11.6 Å². The molecule has 114 valence electrons. The second-order valence-electron chi connectivity index (χ2n) is 7.41. The first-order valence-corrected chi connectivity index (χ1v) is 8.62. The summed E-state index contributed by atoms with van der Waals surface area (Å²) in [5, 5.41) is 0. The van der Waals surface area contributed by atoms with E-state index in [1.807, 2.05) is 0 Å². The van der Waals surface area contributed by atoms with Crippen LogP contribution in [0.3, 0.4) is 0 Å². The second kappa shape index (κ2) is 4.79. The Kier molecular flexibility index (Phi) is 2.65. The molecule has 21 heavy (non-hydrogen) atoms. The van der Waals surface area contributed by atoms with Crippen molar-refractivity contribution in [3.8, 4) is 0 Å². The third-order valence-corrected chi connectivity index (χ3v) is 6.81. The van der Waals surface area contributed by atoms with Gasteiger partial charge in [0.25, 0.3) is 0 Å². The Morgan fingerprint density at radius 1 is 1.29 bits per heavy atom. The normalized spacial score (nSPS) is 54.0. The average Bonchev–Trinajstić information content (AvgIpc) is 2.85. The maximum Gasteiger partial charge on any atom is 0.155 e. The van der Waals surface area contributed by atoms with Crippen molar-refractivity contribution in [1.29, 1.82) is 0 Å². The molecular formula is C19H26O2. The second-order valence-corrected chi connectivity index (χ2v) is 7.41. The maximum atomic E-state index is 12.6. The van der Waals surface area contributed by atoms with Gasteiger partial charge in [-0.15, -0.1) is 0 Å². The highest BCUT2D eigenvalue weighted by atomic mass is 16.1. The van der Waals surface area contributed by atoms with E-state index in [2.05, 4.69) is 6.92 Å². The summed E-state index contributed by atoms with van der Waals surface area (Å²) in [7, 11) is 0. The zero-order valence-corrected chi connectivity index (χ0v) is 12.9. The molecule has 4 rings (SSSR count). The first-order chi connectivity index (χ1) is 10.9. The van der Waals surface area contributed by atoms with Crippen molar-refractivity contribution in [3.63, 3.8) is 0 Å². The minimum atomic E-state index is -0.793. The summed E-state index contributed by atoms with van der Waals surface area (Å²) < 4.78 is 18.1. The minimum Gasteiger partial charge on any atom is -0.299 e. The van der Waals surface area contributed by atoms with Gasteiger partial charge in [0.15, 0.2) is 5.78 Å². The summed E-state index contributed by atoms with van der Waals surface area (Å²) in [6.07, 6.45) is 7.24. The number of hydrogen-bond donors (Lipinski definition) is 0. The predicted molar refractivity (Wildman–Crippen MR) is 81.7 cm³/mol. The Hall–Kier alpha value is -0.920. The Morgan fingerprint density at radius 2 is 2.14 bits per heavy atom. The summed E-state index contributed by atoms with van der Waals surface area (Å²) in [6.45, 7) is 2.09. The van der Waals surface area contributed by atoms with E-state index in [4.69, 9.17) is 1.37 Å². The van der Waals surface area contributed by atoms with Crippen LogP contribution in [-0.2, 0) is 9.59 Å². The lowest BCUT2D eigenvalue weighted by atomic mass is 9.51. The van der Waals surface area contributed by atoms with Gasteiger partial charge in [-0.05, 0) is 74.6 Å². The predicted octanol–water partition coefficient (Wildman–Crippen LogP) is 4.09. The van der Waals surface area contributed by atoms with Crippen molar-refractivity contribution in [2.45, 2.75) is 64.7 Å². The monoisotopic (exact) mass is 290 g/mol. The number of carbonyl (C=O) groups excluding carboxylic acids is 2. The fraction of sp³-hybridized carbons (Fsp3) is 0.789. The quantitative estimate of drug-likeness (QED) is 0.729. The Balaban J connectivity index is 1.77. The first-order valence-electron chi connectivity index (χ1n) is 9.70. The van der Waals surface area contributed by atoms with Crippen LogP contribution < -0.4 is 0 Å². The summed E-state index contributed by atoms with van der Waals surface area (Å²) in [5.41, 5.74) is 0.797. The molecule has 0 N–H and O–H groups in total. The van der Waals surface area contributed by atoms with E-state index in [1.54, 1.807) is 6.08 Å². The van der Waals surface area contributed by atoms with Crippen molar-refractivity contribution in [3.05, 3.63) is 11.6 Å². The smallest absolute Gasteiger partial charge is 0.155 e. The van der Waals surface area contributed by atoms with Gasteiger partial charge in [0.1, 0.15) is 5.78 Å². The van der Waals surface area contributed by atoms with Crippen LogP contribution in [0.4, 0.5) is 0 Å². The van der Waals surface area contributed by atoms with Crippen LogP contribution in [0.2, 0.25) is 0 Å². The van der Waals surface area contributed by atoms with Crippen molar-refractivity contribution in [2.24, 2.45) is 29.1 Å². The molecule has 4 aliphatic rings. The highest BCUT2D eigenvalue weighted by Gasteiger charge is 2.57. The lowest BCUT2D eigenvalue weighted by molar-refractivity contribution is -0.133. The molecule has 1 unspecified atom stereocenters. The van der Waals surface area contributed by atoms with Crippen molar-refractivity contribution >= 4 is 11.6 Å². The molecule has 3 fully saturated rings. The SMILES string of the molecule is [3H]C1C[C@]2(CC)C(=O)CC[C@H]2[C@@H]2CCC3=CC(=O)CC[C@@H]3[C@@]12[3H]. The van der Waals surface area contributed by atoms with Gasteiger partial charge >= 0.3 is 0 Å². The van der Waals surface area contributed by atoms with E-state index in [9.17, 15) is 11.0 Å². The number of allylic oxidation sites excluding steroid dienone is 1. The number of carbonyl (C=O) groups is 2. The fourth-order valence-electron chi connectivity index (χ4n) is 5.73. The Labute approximate surface area is 130 Å². The van der Waals surface area contributed by atoms with E-state index in [-0.39, 0.29) is 23.0 Å². The zero-order valence-electron chi connectivity index (χ0n) is 14.9. The summed E-state index contributed by atoms with van der Waals surface area (Å²) in [4.78, 5) is 24.4. The summed E-state index contributed by atoms with van der Waals surface area (Å²) >= 11 is 0. The van der Waals surface area contributed by atoms with Crippen LogP contribution >= 0.6 is 0 Å². The molecule has 0 radical (unpaired) electrons. The number of hydrogen-bond acceptors (Lipinski definition) is 2. The van der Waals surface area contributed by atoms with Gasteiger partial charge in [-0.3, -0.25) is 9.59 Å². The van der Waals surface area contributed by atoms with Crippen LogP contribution in [-0.4, -0.2) is 11.6 Å². The fourth-order valence-corrected chi connectivity index (χ4v) is 5.73. The molecule has 0 saturated heterocycles. The van der Waals surface area contributed by atoms with E-state index in [1.165, 1.54) is 0 Å². The first kappa shape index (κ1) is 11.6. The largest absolute Gasteiger partial charge is 0.299 e. The van der Waals surface area contributed by atoms with Crippen LogP contribution in [0.1, 0.15) is 67.4 Å². The van der Waals surface area contributed by atoms with Gasteiger partial charge in [0.05, 0.1) is 0 Å². The molecule has 0 bridgehead atoms. The third-order valence-electron chi connectivity index (χ3n) is 6.81. The minimum absolute atomic E-state index is 0.0620. The van der Waals surface area contributed by atoms with Gasteiger partial charge in [-0.2, -0.15) is 0 Å². The van der Waals surface area contributed by atoms with Crippen molar-refractivity contribution < 1.29 is 12.3 Å². The van der Waals surface area contributed by atoms with Gasteiger partial charge < -0.3 is 0 Å². The highest BCUT2D eigenvalue weighted by molar-refractivity contribution is 5.91. The molecule has 6 atom stereocenters. The van der Waals surface area contributed by atoms with Crippen molar-refractivity contribution in [1.82, 2.24) is 0 Å². The van der Waals surface area contributed by atoms with E-state index < -0.39 is 12.3 Å². The molecule has 2 heteroatoms. The lowest BCUT2D eigenvalue weighted by Gasteiger charge is -2.52. The molecule has 0 aliphatic heterocycles. The standard InChI is InChI=1S/C19H26O2/c1-2-19-10-9-15-14-6-4-13(20)11-12(14)3-5-16(15)17(19)7-8-18(19)21/h11,14-17H,2-10H2,1H3/t14-,15+,16+,17-,19-/m0/s1/i9T,15T/t9?,14-,15+,16+,17-,19-. The lowest BCUT2D eigenvalue weighted by Crippen LogP contribution is -2.47. The van der Waals surface area contributed by atoms with Gasteiger partial charge in [-0.25, -0.2) is 0 Å². The number of ketones is 2. The molecule has 2 nitrogen and oxygen atoms in total. The molecule has 4 aliphatic carbocycles. The van der Waals surface area contributed by atoms with Crippen LogP contribution in [0.5, 0.6) is 0 Å². The average molecular weight is 290 g/mol. The molecule has 0 aromatic heterocycles. The topological polar surface area (TPSA) is 34.1 Å². The number of fused-ring (bicyclic) bond motifs is 5. The molecule has 3 saturated carbocycles. The van der Waals surface area contributed by atoms with Gasteiger partial charge in [0.2, 0.25) is 0 Å². The van der Waals surface area contributed by atoms with E-state index >= 15 is 0 Å². The Morgan fingerprint density at radius 3 is 2.95 bits per heavy atom. The van der Waals surface area contributed by atoms with Crippen molar-refractivity contribution in [2.75, 3.05) is 0 Å². The summed E-state index contributed by atoms with van der Waals surface area (Å²) in [6, 6.07) is 0. The highest BCUT2D eigenvalue weighted by Crippen LogP contribution is 2.61. The summed E-state index contributed by atoms with van der Waals surface area (Å²) in [5.74, 6) is 0.253. The molecule has 0 spiro atoms. The number of rotatable bonds is 1. The third kappa shape index (κ3) is 1.83. The maximum absolute atomic E-state index is 12.6. The Bertz CT molecular complexity index is 598. The van der Waals surface area contributed by atoms with Crippen LogP contribution in [0, 0.1) is 29.1 Å². The van der Waals surface area contributed by atoms with Crippen LogP contribution in [0.25, 0.3) is 0 Å². The molecule has 0 aromatic carbocycles. The molecular weight excluding hydrogens is 260 g/mol. The molecule has 0 aromatic rings. The zero-order chi connectivity index (χ0) is 16.4. The van der Waals surface area contributed by atoms with E-state index in [0.717, 1.165) is 37.7 Å². The molecule has 0 heterocycles. The number of Topliss-reactive ketones (excluding diaryl/α,β-unsaturated/α-hetero) is 1. The van der Waals surface area contributed by atoms with Gasteiger partial charge in [0, 0.05) is 21.0 Å².